The lowest BCUT2D eigenvalue weighted by Gasteiger charge is -2.36. The van der Waals surface area contributed by atoms with Crippen LogP contribution in [0.25, 0.3) is 0 Å². The zero-order chi connectivity index (χ0) is 16.9. The standard InChI is InChI=1S/C20H31N3O.2ClH/c1-15(19(21)16-7-3-2-4-8-16)20(24)22-17-11-13-23(14-12-17)18-9-5-6-10-18;;/h2-4,7-8,15,17-19H,5-6,9-14,21H2,1H3,(H,22,24);2*1H. The Morgan fingerprint density at radius 2 is 1.65 bits per heavy atom. The van der Waals surface area contributed by atoms with Crippen molar-refractivity contribution in [1.29, 1.82) is 0 Å². The third kappa shape index (κ3) is 5.85. The fourth-order valence-electron chi connectivity index (χ4n) is 4.14. The minimum absolute atomic E-state index is 0. The Bertz CT molecular complexity index is 529. The summed E-state index contributed by atoms with van der Waals surface area (Å²) in [7, 11) is 0. The fraction of sp³-hybridized carbons (Fsp3) is 0.650. The summed E-state index contributed by atoms with van der Waals surface area (Å²) >= 11 is 0. The van der Waals surface area contributed by atoms with Crippen LogP contribution < -0.4 is 11.1 Å². The maximum absolute atomic E-state index is 12.6. The van der Waals surface area contributed by atoms with Crippen molar-refractivity contribution < 1.29 is 4.79 Å². The van der Waals surface area contributed by atoms with Crippen LogP contribution in [0.1, 0.15) is 57.1 Å². The van der Waals surface area contributed by atoms with E-state index in [1.165, 1.54) is 25.7 Å². The van der Waals surface area contributed by atoms with E-state index in [0.29, 0.717) is 6.04 Å². The van der Waals surface area contributed by atoms with Crippen LogP contribution in [0, 0.1) is 5.92 Å². The van der Waals surface area contributed by atoms with Crippen LogP contribution in [0.3, 0.4) is 0 Å². The third-order valence-corrected chi connectivity index (χ3v) is 5.85. The van der Waals surface area contributed by atoms with Gasteiger partial charge in [0.15, 0.2) is 0 Å². The highest BCUT2D eigenvalue weighted by Gasteiger charge is 2.29. The highest BCUT2D eigenvalue weighted by molar-refractivity contribution is 5.85. The summed E-state index contributed by atoms with van der Waals surface area (Å²) in [4.78, 5) is 15.2. The first-order chi connectivity index (χ1) is 11.6. The molecule has 4 nitrogen and oxygen atoms in total. The van der Waals surface area contributed by atoms with Crippen molar-refractivity contribution in [3.8, 4) is 0 Å². The molecule has 3 N–H and O–H groups in total. The van der Waals surface area contributed by atoms with Gasteiger partial charge in [-0.3, -0.25) is 4.79 Å². The van der Waals surface area contributed by atoms with Crippen LogP contribution in [0.2, 0.25) is 0 Å². The van der Waals surface area contributed by atoms with Gasteiger partial charge in [-0.2, -0.15) is 0 Å². The van der Waals surface area contributed by atoms with Crippen LogP contribution in [0.5, 0.6) is 0 Å². The van der Waals surface area contributed by atoms with Crippen molar-refractivity contribution >= 4 is 30.7 Å². The number of hydrogen-bond donors (Lipinski definition) is 2. The number of halogens is 2. The predicted octanol–water partition coefficient (Wildman–Crippen LogP) is 3.69. The van der Waals surface area contributed by atoms with Gasteiger partial charge in [-0.25, -0.2) is 0 Å². The van der Waals surface area contributed by atoms with Gasteiger partial charge >= 0.3 is 0 Å². The molecule has 0 bridgehead atoms. The number of benzene rings is 1. The van der Waals surface area contributed by atoms with Gasteiger partial charge in [0.05, 0.1) is 5.92 Å². The zero-order valence-electron chi connectivity index (χ0n) is 15.6. The molecule has 1 saturated heterocycles. The Balaban J connectivity index is 0.00000169. The number of rotatable bonds is 5. The van der Waals surface area contributed by atoms with E-state index >= 15 is 0 Å². The molecule has 3 rings (SSSR count). The first-order valence-electron chi connectivity index (χ1n) is 9.50. The minimum Gasteiger partial charge on any atom is -0.353 e. The zero-order valence-corrected chi connectivity index (χ0v) is 17.2. The van der Waals surface area contributed by atoms with E-state index < -0.39 is 0 Å². The second-order valence-electron chi connectivity index (χ2n) is 7.48. The second-order valence-corrected chi connectivity index (χ2v) is 7.48. The van der Waals surface area contributed by atoms with Gasteiger partial charge in [0.25, 0.3) is 0 Å². The molecule has 1 amide bonds. The topological polar surface area (TPSA) is 58.4 Å². The molecule has 26 heavy (non-hydrogen) atoms. The lowest BCUT2D eigenvalue weighted by Crippen LogP contribution is -2.49. The highest BCUT2D eigenvalue weighted by atomic mass is 35.5. The van der Waals surface area contributed by atoms with Crippen LogP contribution >= 0.6 is 24.8 Å². The van der Waals surface area contributed by atoms with Crippen molar-refractivity contribution in [2.24, 2.45) is 11.7 Å². The van der Waals surface area contributed by atoms with Gasteiger partial charge in [-0.15, -0.1) is 24.8 Å². The molecule has 1 aliphatic heterocycles. The number of carbonyl (C=O) groups excluding carboxylic acids is 1. The molecule has 2 unspecified atom stereocenters. The number of carbonyl (C=O) groups is 1. The average molecular weight is 402 g/mol. The number of amides is 1. The first kappa shape index (κ1) is 23.2. The Hall–Kier alpha value is -0.810. The van der Waals surface area contributed by atoms with Gasteiger partial charge < -0.3 is 16.0 Å². The van der Waals surface area contributed by atoms with Crippen molar-refractivity contribution in [2.75, 3.05) is 13.1 Å². The number of nitrogens with two attached hydrogens (primary N) is 1. The number of piperidine rings is 1. The van der Waals surface area contributed by atoms with Gasteiger partial charge in [-0.05, 0) is 31.2 Å². The fourth-order valence-corrected chi connectivity index (χ4v) is 4.14. The summed E-state index contributed by atoms with van der Waals surface area (Å²) in [6.07, 6.45) is 7.62. The molecule has 1 aliphatic carbocycles. The summed E-state index contributed by atoms with van der Waals surface area (Å²) in [6, 6.07) is 10.8. The van der Waals surface area contributed by atoms with Crippen molar-refractivity contribution in [2.45, 2.75) is 63.6 Å². The summed E-state index contributed by atoms with van der Waals surface area (Å²) in [5, 5.41) is 3.23. The van der Waals surface area contributed by atoms with E-state index in [2.05, 4.69) is 10.2 Å². The van der Waals surface area contributed by atoms with Crippen LogP contribution in [0.4, 0.5) is 0 Å². The molecule has 1 saturated carbocycles. The summed E-state index contributed by atoms with van der Waals surface area (Å²) in [6.45, 7) is 4.17. The first-order valence-corrected chi connectivity index (χ1v) is 9.50. The second kappa shape index (κ2) is 11.1. The third-order valence-electron chi connectivity index (χ3n) is 5.85. The molecular formula is C20H33Cl2N3O. The minimum atomic E-state index is -0.246. The van der Waals surface area contributed by atoms with Crippen molar-refractivity contribution in [3.05, 3.63) is 35.9 Å². The van der Waals surface area contributed by atoms with E-state index in [4.69, 9.17) is 5.73 Å². The molecule has 1 aromatic rings. The van der Waals surface area contributed by atoms with Crippen LogP contribution in [0.15, 0.2) is 30.3 Å². The Labute approximate surface area is 170 Å². The molecule has 6 heteroatoms. The molecule has 1 heterocycles. The average Bonchev–Trinajstić information content (AvgIpc) is 3.16. The van der Waals surface area contributed by atoms with E-state index in [1.807, 2.05) is 37.3 Å². The maximum atomic E-state index is 12.6. The number of nitrogens with zero attached hydrogens (tertiary/aromatic N) is 1. The molecule has 148 valence electrons. The lowest BCUT2D eigenvalue weighted by atomic mass is 9.93. The molecule has 0 radical (unpaired) electrons. The van der Waals surface area contributed by atoms with E-state index in [0.717, 1.165) is 37.5 Å². The van der Waals surface area contributed by atoms with Gasteiger partial charge in [0, 0.05) is 31.2 Å². The molecular weight excluding hydrogens is 369 g/mol. The maximum Gasteiger partial charge on any atom is 0.224 e. The van der Waals surface area contributed by atoms with E-state index in [9.17, 15) is 4.79 Å². The van der Waals surface area contributed by atoms with E-state index in [-0.39, 0.29) is 42.7 Å². The monoisotopic (exact) mass is 401 g/mol. The largest absolute Gasteiger partial charge is 0.353 e. The Kier molecular flexibility index (Phi) is 9.94. The number of hydrogen-bond acceptors (Lipinski definition) is 3. The molecule has 0 spiro atoms. The lowest BCUT2D eigenvalue weighted by molar-refractivity contribution is -0.126. The number of likely N-dealkylation sites (tertiary alicyclic amines) is 1. The SMILES string of the molecule is CC(C(=O)NC1CCN(C2CCCC2)CC1)C(N)c1ccccc1.Cl.Cl. The predicted molar refractivity (Wildman–Crippen MR) is 112 cm³/mol. The highest BCUT2D eigenvalue weighted by Crippen LogP contribution is 2.26. The van der Waals surface area contributed by atoms with Crippen LogP contribution in [-0.4, -0.2) is 36.0 Å². The summed E-state index contributed by atoms with van der Waals surface area (Å²) in [5.41, 5.74) is 7.30. The van der Waals surface area contributed by atoms with Gasteiger partial charge in [0.2, 0.25) is 5.91 Å². The number of nitrogens with one attached hydrogen (secondary N) is 1. The van der Waals surface area contributed by atoms with Crippen molar-refractivity contribution in [3.63, 3.8) is 0 Å². The van der Waals surface area contributed by atoms with Crippen molar-refractivity contribution in [1.82, 2.24) is 10.2 Å². The molecule has 1 aromatic carbocycles. The smallest absolute Gasteiger partial charge is 0.224 e. The van der Waals surface area contributed by atoms with Gasteiger partial charge in [0.1, 0.15) is 0 Å². The van der Waals surface area contributed by atoms with E-state index in [1.54, 1.807) is 0 Å². The molecule has 2 aliphatic rings. The normalized spacial score (nSPS) is 21.3. The van der Waals surface area contributed by atoms with Crippen LogP contribution in [-0.2, 0) is 4.79 Å². The molecule has 2 fully saturated rings. The van der Waals surface area contributed by atoms with Gasteiger partial charge in [-0.1, -0.05) is 50.1 Å². The Morgan fingerprint density at radius 3 is 2.23 bits per heavy atom. The molecule has 2 atom stereocenters. The Morgan fingerprint density at radius 1 is 1.08 bits per heavy atom. The quantitative estimate of drug-likeness (QED) is 0.790. The summed E-state index contributed by atoms with van der Waals surface area (Å²) < 4.78 is 0. The summed E-state index contributed by atoms with van der Waals surface area (Å²) in [5.74, 6) is -0.120. The molecule has 0 aromatic heterocycles.